The normalized spacial score (nSPS) is 27.5. The highest BCUT2D eigenvalue weighted by atomic mass is 19.1. The van der Waals surface area contributed by atoms with Crippen molar-refractivity contribution in [2.75, 3.05) is 0 Å². The van der Waals surface area contributed by atoms with Gasteiger partial charge in [0.1, 0.15) is 11.6 Å². The molecule has 3 unspecified atom stereocenters. The molecule has 2 rings (SSSR count). The van der Waals surface area contributed by atoms with Gasteiger partial charge >= 0.3 is 0 Å². The van der Waals surface area contributed by atoms with E-state index in [4.69, 9.17) is 0 Å². The average Bonchev–Trinajstić information content (AvgIpc) is 2.42. The quantitative estimate of drug-likeness (QED) is 0.799. The number of phenolic OH excluding ortho intramolecular Hbond substituents is 1. The smallest absolute Gasteiger partial charge is 0.130 e. The molecular formula is C17H25FO. The summed E-state index contributed by atoms with van der Waals surface area (Å²) in [4.78, 5) is 0. The molecule has 0 aliphatic heterocycles. The number of rotatable bonds is 3. The van der Waals surface area contributed by atoms with E-state index >= 15 is 0 Å². The second-order valence-electron chi connectivity index (χ2n) is 6.00. The lowest BCUT2D eigenvalue weighted by atomic mass is 9.69. The maximum Gasteiger partial charge on any atom is 0.130 e. The maximum atomic E-state index is 13.8. The van der Waals surface area contributed by atoms with E-state index in [1.807, 2.05) is 6.92 Å². The lowest BCUT2D eigenvalue weighted by Crippen LogP contribution is -2.23. The minimum atomic E-state index is -0.275. The number of aromatic hydroxyl groups is 1. The molecule has 1 fully saturated rings. The third-order valence-electron chi connectivity index (χ3n) is 4.97. The van der Waals surface area contributed by atoms with Gasteiger partial charge in [0.2, 0.25) is 0 Å². The van der Waals surface area contributed by atoms with Crippen molar-refractivity contribution >= 4 is 0 Å². The summed E-state index contributed by atoms with van der Waals surface area (Å²) in [5, 5.41) is 9.69. The van der Waals surface area contributed by atoms with Crippen LogP contribution in [0.3, 0.4) is 0 Å². The summed E-state index contributed by atoms with van der Waals surface area (Å²) in [6.45, 7) is 6.30. The number of benzene rings is 1. The summed E-state index contributed by atoms with van der Waals surface area (Å²) in [5.74, 6) is 1.57. The summed E-state index contributed by atoms with van der Waals surface area (Å²) >= 11 is 0. The van der Waals surface area contributed by atoms with Crippen molar-refractivity contribution in [3.05, 3.63) is 29.1 Å². The second-order valence-corrected chi connectivity index (χ2v) is 6.00. The van der Waals surface area contributed by atoms with Gasteiger partial charge in [-0.05, 0) is 54.7 Å². The Morgan fingerprint density at radius 2 is 1.95 bits per heavy atom. The molecule has 1 nitrogen and oxygen atoms in total. The Morgan fingerprint density at radius 3 is 2.58 bits per heavy atom. The molecule has 1 saturated carbocycles. The Kier molecular flexibility index (Phi) is 4.49. The first-order chi connectivity index (χ1) is 9.06. The third kappa shape index (κ3) is 2.93. The summed E-state index contributed by atoms with van der Waals surface area (Å²) in [6, 6.07) is 3.00. The Hall–Kier alpha value is -1.05. The van der Waals surface area contributed by atoms with Crippen LogP contribution >= 0.6 is 0 Å². The first-order valence-corrected chi connectivity index (χ1v) is 7.55. The van der Waals surface area contributed by atoms with Gasteiger partial charge in [0.05, 0.1) is 0 Å². The van der Waals surface area contributed by atoms with E-state index < -0.39 is 0 Å². The van der Waals surface area contributed by atoms with E-state index in [9.17, 15) is 9.50 Å². The molecule has 3 atom stereocenters. The molecule has 0 amide bonds. The van der Waals surface area contributed by atoms with Gasteiger partial charge in [-0.2, -0.15) is 0 Å². The monoisotopic (exact) mass is 264 g/mol. The SMILES string of the molecule is CCC1CCC(CC)C(c2cc(O)cc(F)c2C)C1. The van der Waals surface area contributed by atoms with Crippen molar-refractivity contribution in [3.63, 3.8) is 0 Å². The van der Waals surface area contributed by atoms with Crippen LogP contribution in [-0.2, 0) is 0 Å². The van der Waals surface area contributed by atoms with Crippen LogP contribution in [0.1, 0.15) is 63.0 Å². The maximum absolute atomic E-state index is 13.8. The zero-order valence-corrected chi connectivity index (χ0v) is 12.2. The largest absolute Gasteiger partial charge is 0.508 e. The van der Waals surface area contributed by atoms with E-state index in [0.717, 1.165) is 29.9 Å². The Morgan fingerprint density at radius 1 is 1.21 bits per heavy atom. The molecule has 0 radical (unpaired) electrons. The Balaban J connectivity index is 2.36. The second kappa shape index (κ2) is 5.94. The predicted octanol–water partition coefficient (Wildman–Crippen LogP) is 5.16. The van der Waals surface area contributed by atoms with Crippen LogP contribution in [0.15, 0.2) is 12.1 Å². The standard InChI is InChI=1S/C17H25FO/c1-4-12-6-7-13(5-2)16(8-12)15-9-14(19)10-17(18)11(15)3/h9-10,12-13,16,19H,4-8H2,1-3H3. The van der Waals surface area contributed by atoms with Crippen molar-refractivity contribution in [2.45, 2.75) is 58.8 Å². The molecule has 1 aliphatic carbocycles. The fraction of sp³-hybridized carbons (Fsp3) is 0.647. The number of halogens is 1. The topological polar surface area (TPSA) is 20.2 Å². The van der Waals surface area contributed by atoms with E-state index in [1.165, 1.54) is 25.3 Å². The van der Waals surface area contributed by atoms with Gasteiger partial charge in [0, 0.05) is 6.07 Å². The van der Waals surface area contributed by atoms with Crippen LogP contribution in [0, 0.1) is 24.6 Å². The number of hydrogen-bond acceptors (Lipinski definition) is 1. The molecule has 0 bridgehead atoms. The third-order valence-corrected chi connectivity index (χ3v) is 4.97. The van der Waals surface area contributed by atoms with Crippen LogP contribution < -0.4 is 0 Å². The fourth-order valence-corrected chi connectivity index (χ4v) is 3.63. The van der Waals surface area contributed by atoms with E-state index in [-0.39, 0.29) is 11.6 Å². The number of phenols is 1. The highest BCUT2D eigenvalue weighted by Gasteiger charge is 2.31. The van der Waals surface area contributed by atoms with Gasteiger partial charge in [-0.15, -0.1) is 0 Å². The number of hydrogen-bond donors (Lipinski definition) is 1. The van der Waals surface area contributed by atoms with Crippen molar-refractivity contribution in [1.29, 1.82) is 0 Å². The van der Waals surface area contributed by atoms with E-state index in [2.05, 4.69) is 13.8 Å². The van der Waals surface area contributed by atoms with Crippen molar-refractivity contribution < 1.29 is 9.50 Å². The highest BCUT2D eigenvalue weighted by molar-refractivity contribution is 5.38. The molecule has 1 aromatic carbocycles. The minimum absolute atomic E-state index is 0.0616. The summed E-state index contributed by atoms with van der Waals surface area (Å²) in [5.41, 5.74) is 1.75. The zero-order chi connectivity index (χ0) is 14.0. The van der Waals surface area contributed by atoms with Gasteiger partial charge in [-0.3, -0.25) is 0 Å². The molecule has 0 saturated heterocycles. The Bertz CT molecular complexity index is 441. The van der Waals surface area contributed by atoms with Crippen LogP contribution in [0.5, 0.6) is 5.75 Å². The van der Waals surface area contributed by atoms with Gasteiger partial charge in [-0.25, -0.2) is 4.39 Å². The van der Waals surface area contributed by atoms with E-state index in [0.29, 0.717) is 11.8 Å². The lowest BCUT2D eigenvalue weighted by molar-refractivity contribution is 0.225. The van der Waals surface area contributed by atoms with Crippen molar-refractivity contribution in [1.82, 2.24) is 0 Å². The molecule has 0 aromatic heterocycles. The van der Waals surface area contributed by atoms with Crippen LogP contribution in [0.25, 0.3) is 0 Å². The molecule has 2 heteroatoms. The average molecular weight is 264 g/mol. The van der Waals surface area contributed by atoms with Crippen LogP contribution in [0.2, 0.25) is 0 Å². The Labute approximate surface area is 115 Å². The van der Waals surface area contributed by atoms with Gasteiger partial charge in [0.25, 0.3) is 0 Å². The first-order valence-electron chi connectivity index (χ1n) is 7.55. The molecule has 1 N–H and O–H groups in total. The van der Waals surface area contributed by atoms with Crippen LogP contribution in [0.4, 0.5) is 4.39 Å². The minimum Gasteiger partial charge on any atom is -0.508 e. The van der Waals surface area contributed by atoms with Crippen LogP contribution in [-0.4, -0.2) is 5.11 Å². The summed E-state index contributed by atoms with van der Waals surface area (Å²) < 4.78 is 13.8. The molecule has 0 heterocycles. The molecule has 19 heavy (non-hydrogen) atoms. The summed E-state index contributed by atoms with van der Waals surface area (Å²) in [6.07, 6.45) is 6.01. The molecule has 1 aliphatic rings. The predicted molar refractivity (Wildman–Crippen MR) is 77.0 cm³/mol. The molecule has 106 valence electrons. The fourth-order valence-electron chi connectivity index (χ4n) is 3.63. The van der Waals surface area contributed by atoms with Gasteiger partial charge in [-0.1, -0.05) is 33.1 Å². The summed E-state index contributed by atoms with van der Waals surface area (Å²) in [7, 11) is 0. The lowest BCUT2D eigenvalue weighted by Gasteiger charge is -2.36. The van der Waals surface area contributed by atoms with Gasteiger partial charge < -0.3 is 5.11 Å². The highest BCUT2D eigenvalue weighted by Crippen LogP contribution is 2.45. The molecule has 0 spiro atoms. The van der Waals surface area contributed by atoms with Crippen molar-refractivity contribution in [2.24, 2.45) is 11.8 Å². The first kappa shape index (κ1) is 14.4. The zero-order valence-electron chi connectivity index (χ0n) is 12.2. The van der Waals surface area contributed by atoms with E-state index in [1.54, 1.807) is 6.07 Å². The molecular weight excluding hydrogens is 239 g/mol. The molecule has 1 aromatic rings. The van der Waals surface area contributed by atoms with Crippen molar-refractivity contribution in [3.8, 4) is 5.75 Å². The van der Waals surface area contributed by atoms with Gasteiger partial charge in [0.15, 0.2) is 0 Å².